The van der Waals surface area contributed by atoms with E-state index >= 15 is 0 Å². The standard InChI is InChI=1S/C12H11N3O4/c1-8-13-10(15(18)19)7-14(8)11(12(16)17)9-5-3-2-4-6-9/h2-7,11H,1H3,(H,16,17). The number of hydrogen-bond donors (Lipinski definition) is 1. The Morgan fingerprint density at radius 1 is 1.42 bits per heavy atom. The molecule has 0 saturated carbocycles. The van der Waals surface area contributed by atoms with Gasteiger partial charge in [0.05, 0.1) is 0 Å². The average Bonchev–Trinajstić information content (AvgIpc) is 2.73. The van der Waals surface area contributed by atoms with E-state index in [0.29, 0.717) is 5.56 Å². The van der Waals surface area contributed by atoms with Crippen LogP contribution in [0.15, 0.2) is 36.5 Å². The monoisotopic (exact) mass is 261 g/mol. The first-order chi connectivity index (χ1) is 9.00. The minimum absolute atomic E-state index is 0.281. The number of hydrogen-bond acceptors (Lipinski definition) is 4. The Labute approximate surface area is 108 Å². The summed E-state index contributed by atoms with van der Waals surface area (Å²) in [5.74, 6) is -1.18. The molecule has 0 bridgehead atoms. The van der Waals surface area contributed by atoms with E-state index in [1.165, 1.54) is 11.5 Å². The van der Waals surface area contributed by atoms with Gasteiger partial charge in [-0.2, -0.15) is 0 Å². The van der Waals surface area contributed by atoms with Gasteiger partial charge in [0.1, 0.15) is 6.20 Å². The van der Waals surface area contributed by atoms with Crippen molar-refractivity contribution < 1.29 is 14.8 Å². The Morgan fingerprint density at radius 3 is 2.53 bits per heavy atom. The zero-order valence-corrected chi connectivity index (χ0v) is 10.1. The highest BCUT2D eigenvalue weighted by atomic mass is 16.6. The van der Waals surface area contributed by atoms with E-state index < -0.39 is 16.9 Å². The number of imidazole rings is 1. The van der Waals surface area contributed by atoms with Gasteiger partial charge in [0, 0.05) is 6.92 Å². The molecule has 2 aromatic rings. The zero-order chi connectivity index (χ0) is 14.0. The molecular weight excluding hydrogens is 250 g/mol. The van der Waals surface area contributed by atoms with Gasteiger partial charge in [0.2, 0.25) is 5.82 Å². The summed E-state index contributed by atoms with van der Waals surface area (Å²) in [5.41, 5.74) is 0.533. The molecule has 1 N–H and O–H groups in total. The van der Waals surface area contributed by atoms with E-state index in [1.54, 1.807) is 30.3 Å². The lowest BCUT2D eigenvalue weighted by molar-refractivity contribution is -0.389. The van der Waals surface area contributed by atoms with Crippen LogP contribution in [0.4, 0.5) is 5.82 Å². The van der Waals surface area contributed by atoms with E-state index in [0.717, 1.165) is 6.20 Å². The van der Waals surface area contributed by atoms with Gasteiger partial charge in [0.15, 0.2) is 6.04 Å². The van der Waals surface area contributed by atoms with Gasteiger partial charge in [0.25, 0.3) is 0 Å². The van der Waals surface area contributed by atoms with Gasteiger partial charge >= 0.3 is 11.8 Å². The predicted molar refractivity (Wildman–Crippen MR) is 65.8 cm³/mol. The predicted octanol–water partition coefficient (Wildman–Crippen LogP) is 1.77. The van der Waals surface area contributed by atoms with E-state index in [4.69, 9.17) is 0 Å². The largest absolute Gasteiger partial charge is 0.479 e. The summed E-state index contributed by atoms with van der Waals surface area (Å²) in [7, 11) is 0. The maximum Gasteiger partial charge on any atom is 0.381 e. The molecule has 1 aromatic carbocycles. The third kappa shape index (κ3) is 2.44. The smallest absolute Gasteiger partial charge is 0.381 e. The van der Waals surface area contributed by atoms with Crippen molar-refractivity contribution in [2.45, 2.75) is 13.0 Å². The molecule has 1 unspecified atom stereocenters. The third-order valence-corrected chi connectivity index (χ3v) is 2.72. The molecule has 7 nitrogen and oxygen atoms in total. The lowest BCUT2D eigenvalue weighted by Crippen LogP contribution is -2.20. The van der Waals surface area contributed by atoms with E-state index in [-0.39, 0.29) is 11.6 Å². The molecule has 1 heterocycles. The van der Waals surface area contributed by atoms with Crippen molar-refractivity contribution in [2.24, 2.45) is 0 Å². The number of carbonyl (C=O) groups is 1. The van der Waals surface area contributed by atoms with Crippen LogP contribution in [0.5, 0.6) is 0 Å². The van der Waals surface area contributed by atoms with Crippen LogP contribution in [0.1, 0.15) is 17.4 Å². The summed E-state index contributed by atoms with van der Waals surface area (Å²) in [6.07, 6.45) is 1.14. The number of aromatic nitrogens is 2. The first-order valence-electron chi connectivity index (χ1n) is 5.48. The number of rotatable bonds is 4. The van der Waals surface area contributed by atoms with Gasteiger partial charge < -0.3 is 15.2 Å². The van der Waals surface area contributed by atoms with Crippen molar-refractivity contribution in [3.8, 4) is 0 Å². The lowest BCUT2D eigenvalue weighted by Gasteiger charge is -2.14. The molecule has 0 aliphatic heterocycles. The van der Waals surface area contributed by atoms with Crippen LogP contribution >= 0.6 is 0 Å². The topological polar surface area (TPSA) is 98.3 Å². The molecule has 19 heavy (non-hydrogen) atoms. The van der Waals surface area contributed by atoms with Gasteiger partial charge in [-0.25, -0.2) is 4.79 Å². The molecule has 0 radical (unpaired) electrons. The molecule has 1 aromatic heterocycles. The van der Waals surface area contributed by atoms with Crippen molar-refractivity contribution in [1.29, 1.82) is 0 Å². The Morgan fingerprint density at radius 2 is 2.05 bits per heavy atom. The Kier molecular flexibility index (Phi) is 3.28. The molecule has 98 valence electrons. The van der Waals surface area contributed by atoms with Crippen LogP contribution in [0, 0.1) is 17.0 Å². The van der Waals surface area contributed by atoms with Gasteiger partial charge in [-0.1, -0.05) is 30.3 Å². The van der Waals surface area contributed by atoms with Gasteiger partial charge in [-0.15, -0.1) is 0 Å². The van der Waals surface area contributed by atoms with Crippen molar-refractivity contribution in [3.63, 3.8) is 0 Å². The van der Waals surface area contributed by atoms with Crippen molar-refractivity contribution >= 4 is 11.8 Å². The molecule has 0 aliphatic carbocycles. The Balaban J connectivity index is 2.52. The van der Waals surface area contributed by atoms with Crippen LogP contribution in [-0.2, 0) is 4.79 Å². The number of benzene rings is 1. The van der Waals surface area contributed by atoms with Crippen molar-refractivity contribution in [1.82, 2.24) is 9.55 Å². The first-order valence-corrected chi connectivity index (χ1v) is 5.48. The maximum absolute atomic E-state index is 11.4. The summed E-state index contributed by atoms with van der Waals surface area (Å²) >= 11 is 0. The number of aryl methyl sites for hydroxylation is 1. The summed E-state index contributed by atoms with van der Waals surface area (Å²) < 4.78 is 1.29. The van der Waals surface area contributed by atoms with Crippen LogP contribution in [0.2, 0.25) is 0 Å². The molecule has 0 fully saturated rings. The average molecular weight is 261 g/mol. The van der Waals surface area contributed by atoms with Crippen molar-refractivity contribution in [2.75, 3.05) is 0 Å². The molecular formula is C12H11N3O4. The summed E-state index contributed by atoms with van der Waals surface area (Å²) in [4.78, 5) is 25.2. The second-order valence-corrected chi connectivity index (χ2v) is 3.96. The fourth-order valence-electron chi connectivity index (χ4n) is 1.88. The molecule has 0 amide bonds. The minimum atomic E-state index is -1.10. The highest BCUT2D eigenvalue weighted by molar-refractivity contribution is 5.76. The van der Waals surface area contributed by atoms with Crippen LogP contribution in [0.3, 0.4) is 0 Å². The molecule has 0 saturated heterocycles. The fraction of sp³-hybridized carbons (Fsp3) is 0.167. The van der Waals surface area contributed by atoms with Gasteiger partial charge in [-0.05, 0) is 15.5 Å². The van der Waals surface area contributed by atoms with Gasteiger partial charge in [-0.3, -0.25) is 4.57 Å². The maximum atomic E-state index is 11.4. The number of nitro groups is 1. The Bertz CT molecular complexity index is 621. The zero-order valence-electron chi connectivity index (χ0n) is 10.1. The second kappa shape index (κ2) is 4.89. The SMILES string of the molecule is Cc1nc([N+](=O)[O-])cn1C(C(=O)O)c1ccccc1. The molecule has 1 atom stereocenters. The second-order valence-electron chi connectivity index (χ2n) is 3.96. The highest BCUT2D eigenvalue weighted by Crippen LogP contribution is 2.23. The van der Waals surface area contributed by atoms with Crippen LogP contribution < -0.4 is 0 Å². The third-order valence-electron chi connectivity index (χ3n) is 2.72. The lowest BCUT2D eigenvalue weighted by atomic mass is 10.1. The summed E-state index contributed by atoms with van der Waals surface area (Å²) in [6, 6.07) is 7.49. The fourth-order valence-corrected chi connectivity index (χ4v) is 1.88. The van der Waals surface area contributed by atoms with E-state index in [1.807, 2.05) is 0 Å². The number of aliphatic carboxylic acids is 1. The molecule has 0 aliphatic rings. The minimum Gasteiger partial charge on any atom is -0.479 e. The number of carboxylic acids is 1. The number of nitrogens with zero attached hydrogens (tertiary/aromatic N) is 3. The first kappa shape index (κ1) is 12.7. The highest BCUT2D eigenvalue weighted by Gasteiger charge is 2.27. The normalized spacial score (nSPS) is 12.1. The van der Waals surface area contributed by atoms with Crippen LogP contribution in [-0.4, -0.2) is 25.6 Å². The Hall–Kier alpha value is -2.70. The molecule has 7 heteroatoms. The molecule has 2 rings (SSSR count). The summed E-state index contributed by atoms with van der Waals surface area (Å²) in [6.45, 7) is 1.53. The molecule has 0 spiro atoms. The quantitative estimate of drug-likeness (QED) is 0.668. The van der Waals surface area contributed by atoms with E-state index in [9.17, 15) is 20.0 Å². The number of carboxylic acid groups (broad SMARTS) is 1. The summed E-state index contributed by atoms with van der Waals surface area (Å²) in [5, 5.41) is 20.0. The van der Waals surface area contributed by atoms with Crippen LogP contribution in [0.25, 0.3) is 0 Å². The van der Waals surface area contributed by atoms with Crippen molar-refractivity contribution in [3.05, 3.63) is 58.0 Å². The van der Waals surface area contributed by atoms with E-state index in [2.05, 4.69) is 4.98 Å².